The third-order valence-electron chi connectivity index (χ3n) is 3.91. The number of allylic oxidation sites excluding steroid dienone is 3. The highest BCUT2D eigenvalue weighted by molar-refractivity contribution is 6.29. The molecule has 11 heteroatoms. The van der Waals surface area contributed by atoms with E-state index in [0.717, 1.165) is 14.2 Å². The molecule has 0 bridgehead atoms. The molecule has 0 saturated carbocycles. The lowest BCUT2D eigenvalue weighted by molar-refractivity contribution is -0.173. The number of rotatable bonds is 11. The Kier molecular flexibility index (Phi) is 11.3. The van der Waals surface area contributed by atoms with Gasteiger partial charge in [0.25, 0.3) is 0 Å². The van der Waals surface area contributed by atoms with Crippen molar-refractivity contribution in [1.29, 1.82) is 0 Å². The van der Waals surface area contributed by atoms with Crippen LogP contribution in [0.4, 0.5) is 13.2 Å². The molecule has 0 radical (unpaired) electrons. The lowest BCUT2D eigenvalue weighted by Gasteiger charge is -2.27. The Labute approximate surface area is 171 Å². The van der Waals surface area contributed by atoms with Crippen molar-refractivity contribution in [1.82, 2.24) is 5.32 Å². The lowest BCUT2D eigenvalue weighted by atomic mass is 9.78. The van der Waals surface area contributed by atoms with Crippen LogP contribution >= 0.6 is 11.6 Å². The third kappa shape index (κ3) is 8.68. The van der Waals surface area contributed by atoms with Gasteiger partial charge in [-0.25, -0.2) is 0 Å². The topological polar surface area (TPSA) is 98.8 Å². The van der Waals surface area contributed by atoms with Gasteiger partial charge in [-0.15, -0.1) is 11.6 Å². The van der Waals surface area contributed by atoms with E-state index in [9.17, 15) is 32.3 Å². The Morgan fingerprint density at radius 1 is 1.03 bits per heavy atom. The summed E-state index contributed by atoms with van der Waals surface area (Å²) in [7, 11) is 2.15. The normalized spacial score (nSPS) is 12.6. The van der Waals surface area contributed by atoms with Gasteiger partial charge in [0.05, 0.1) is 20.1 Å². The summed E-state index contributed by atoms with van der Waals surface area (Å²) in [6, 6.07) is 0. The van der Waals surface area contributed by atoms with Gasteiger partial charge in [0.15, 0.2) is 11.2 Å². The Morgan fingerprint density at radius 2 is 1.59 bits per heavy atom. The molecule has 0 aliphatic heterocycles. The zero-order valence-electron chi connectivity index (χ0n) is 16.2. The van der Waals surface area contributed by atoms with Gasteiger partial charge in [0.2, 0.25) is 0 Å². The van der Waals surface area contributed by atoms with Crippen LogP contribution in [-0.2, 0) is 28.7 Å². The fraction of sp³-hybridized carbons (Fsp3) is 0.556. The van der Waals surface area contributed by atoms with Crippen molar-refractivity contribution >= 4 is 35.2 Å². The first-order chi connectivity index (χ1) is 13.4. The fourth-order valence-corrected chi connectivity index (χ4v) is 2.44. The van der Waals surface area contributed by atoms with E-state index in [1.807, 2.05) is 0 Å². The van der Waals surface area contributed by atoms with Crippen molar-refractivity contribution in [2.45, 2.75) is 32.4 Å². The quantitative estimate of drug-likeness (QED) is 0.174. The lowest BCUT2D eigenvalue weighted by Crippen LogP contribution is -2.41. The maximum Gasteiger partial charge on any atom is 0.471 e. The molecule has 0 atom stereocenters. The zero-order valence-corrected chi connectivity index (χ0v) is 17.0. The minimum absolute atomic E-state index is 0.0799. The predicted molar refractivity (Wildman–Crippen MR) is 98.0 cm³/mol. The van der Waals surface area contributed by atoms with Gasteiger partial charge >= 0.3 is 24.0 Å². The molecule has 0 aliphatic carbocycles. The van der Waals surface area contributed by atoms with Crippen molar-refractivity contribution < 1.29 is 41.8 Å². The Morgan fingerprint density at radius 3 is 2.03 bits per heavy atom. The van der Waals surface area contributed by atoms with Crippen LogP contribution in [0.1, 0.15) is 26.2 Å². The van der Waals surface area contributed by atoms with Gasteiger partial charge in [-0.1, -0.05) is 17.7 Å². The number of carbonyl (C=O) groups is 4. The van der Waals surface area contributed by atoms with Crippen LogP contribution in [0.25, 0.3) is 0 Å². The molecule has 0 spiro atoms. The van der Waals surface area contributed by atoms with E-state index in [1.165, 1.54) is 18.2 Å². The van der Waals surface area contributed by atoms with Crippen LogP contribution in [0.15, 0.2) is 23.8 Å². The number of ketones is 1. The number of halogens is 4. The minimum atomic E-state index is -5.01. The molecule has 1 N–H and O–H groups in total. The summed E-state index contributed by atoms with van der Waals surface area (Å²) >= 11 is 5.43. The van der Waals surface area contributed by atoms with Crippen molar-refractivity contribution in [2.75, 3.05) is 26.6 Å². The second kappa shape index (κ2) is 12.3. The molecular weight excluding hydrogens is 419 g/mol. The number of amides is 1. The van der Waals surface area contributed by atoms with E-state index in [4.69, 9.17) is 21.1 Å². The molecular formula is C18H23ClF3NO6. The van der Waals surface area contributed by atoms with Crippen LogP contribution in [-0.4, -0.2) is 56.4 Å². The average molecular weight is 442 g/mol. The number of hydrogen-bond donors (Lipinski definition) is 1. The number of ether oxygens (including phenoxy) is 2. The van der Waals surface area contributed by atoms with Gasteiger partial charge in [-0.3, -0.25) is 19.2 Å². The van der Waals surface area contributed by atoms with Gasteiger partial charge in [0, 0.05) is 6.54 Å². The van der Waals surface area contributed by atoms with Crippen molar-refractivity contribution in [3.05, 3.63) is 23.8 Å². The largest absolute Gasteiger partial charge is 0.471 e. The molecule has 7 nitrogen and oxygen atoms in total. The number of nitrogens with one attached hydrogen (secondary N) is 1. The van der Waals surface area contributed by atoms with Crippen LogP contribution < -0.4 is 5.32 Å². The molecule has 0 rings (SSSR count). The van der Waals surface area contributed by atoms with Crippen LogP contribution in [0.2, 0.25) is 0 Å². The van der Waals surface area contributed by atoms with E-state index in [2.05, 4.69) is 0 Å². The zero-order chi connectivity index (χ0) is 22.7. The summed E-state index contributed by atoms with van der Waals surface area (Å²) in [5.74, 6) is -4.47. The van der Waals surface area contributed by atoms with Crippen molar-refractivity contribution in [3.63, 3.8) is 0 Å². The van der Waals surface area contributed by atoms with E-state index in [-0.39, 0.29) is 30.9 Å². The first kappa shape index (κ1) is 26.6. The van der Waals surface area contributed by atoms with E-state index >= 15 is 0 Å². The van der Waals surface area contributed by atoms with Crippen molar-refractivity contribution in [3.8, 4) is 0 Å². The van der Waals surface area contributed by atoms with Crippen LogP contribution in [0.3, 0.4) is 0 Å². The molecule has 0 aromatic rings. The van der Waals surface area contributed by atoms with Gasteiger partial charge in [-0.05, 0) is 32.3 Å². The molecule has 0 aliphatic rings. The molecule has 29 heavy (non-hydrogen) atoms. The molecule has 164 valence electrons. The number of carbonyl (C=O) groups excluding carboxylic acids is 4. The molecule has 1 amide bonds. The molecule has 0 aromatic carbocycles. The Hall–Kier alpha value is -2.36. The minimum Gasteiger partial charge on any atom is -0.468 e. The predicted octanol–water partition coefficient (Wildman–Crippen LogP) is 2.48. The third-order valence-corrected chi connectivity index (χ3v) is 4.17. The van der Waals surface area contributed by atoms with E-state index < -0.39 is 36.0 Å². The summed E-state index contributed by atoms with van der Waals surface area (Å²) < 4.78 is 45.9. The van der Waals surface area contributed by atoms with Crippen molar-refractivity contribution in [2.24, 2.45) is 5.41 Å². The van der Waals surface area contributed by atoms with Crippen LogP contribution in [0, 0.1) is 5.41 Å². The summed E-state index contributed by atoms with van der Waals surface area (Å²) in [4.78, 5) is 46.8. The molecule has 0 unspecified atom stereocenters. The van der Waals surface area contributed by atoms with Crippen LogP contribution in [0.5, 0.6) is 0 Å². The maximum absolute atomic E-state index is 12.3. The molecule has 0 heterocycles. The second-order valence-electron chi connectivity index (χ2n) is 6.04. The first-order valence-electron chi connectivity index (χ1n) is 8.37. The molecule has 0 fully saturated rings. The van der Waals surface area contributed by atoms with Gasteiger partial charge < -0.3 is 14.8 Å². The standard InChI is InChI=1S/C18H23ClF3NO6/c1-12(10-13(24)11-19)6-8-17(15(26)28-2,16(27)29-3)7-4-5-9-23-14(25)18(20,21)22/h4-5,10H,6-9,11H2,1-3H3,(H,23,25)/b5-4+,12-10-. The SMILES string of the molecule is COC(=O)C(C/C=C/CNC(=O)C(F)(F)F)(CC/C(C)=C\C(=O)CCl)C(=O)OC. The highest BCUT2D eigenvalue weighted by Gasteiger charge is 2.47. The second-order valence-corrected chi connectivity index (χ2v) is 6.31. The van der Waals surface area contributed by atoms with E-state index in [0.29, 0.717) is 5.57 Å². The summed E-state index contributed by atoms with van der Waals surface area (Å²) in [5.41, 5.74) is -1.21. The summed E-state index contributed by atoms with van der Waals surface area (Å²) in [6.07, 6.45) is -1.45. The summed E-state index contributed by atoms with van der Waals surface area (Å²) in [5, 5.41) is 1.63. The van der Waals surface area contributed by atoms with Gasteiger partial charge in [-0.2, -0.15) is 13.2 Å². The highest BCUT2D eigenvalue weighted by Crippen LogP contribution is 2.33. The van der Waals surface area contributed by atoms with E-state index in [1.54, 1.807) is 12.2 Å². The smallest absolute Gasteiger partial charge is 0.468 e. The number of methoxy groups -OCH3 is 2. The maximum atomic E-state index is 12.3. The Bertz CT molecular complexity index is 657. The average Bonchev–Trinajstić information content (AvgIpc) is 2.67. The summed E-state index contributed by atoms with van der Waals surface area (Å²) in [6.45, 7) is 1.16. The fourth-order valence-electron chi connectivity index (χ4n) is 2.36. The first-order valence-corrected chi connectivity index (χ1v) is 8.90. The number of esters is 2. The van der Waals surface area contributed by atoms with Gasteiger partial charge in [0.1, 0.15) is 0 Å². The number of hydrogen-bond acceptors (Lipinski definition) is 6. The molecule has 0 aromatic heterocycles. The highest BCUT2D eigenvalue weighted by atomic mass is 35.5. The number of alkyl halides is 4. The Balaban J connectivity index is 5.38. The molecule has 0 saturated heterocycles. The monoisotopic (exact) mass is 441 g/mol.